The Balaban J connectivity index is 1.12. The van der Waals surface area contributed by atoms with Crippen LogP contribution in [0.4, 0.5) is 4.79 Å². The lowest BCUT2D eigenvalue weighted by molar-refractivity contribution is -0.151. The fraction of sp³-hybridized carbons (Fsp3) is 0.640. The third-order valence-electron chi connectivity index (χ3n) is 7.39. The van der Waals surface area contributed by atoms with Gasteiger partial charge in [0.15, 0.2) is 6.61 Å². The summed E-state index contributed by atoms with van der Waals surface area (Å²) in [6.07, 6.45) is 7.25. The molecule has 0 unspecified atom stereocenters. The summed E-state index contributed by atoms with van der Waals surface area (Å²) in [4.78, 5) is 38.2. The van der Waals surface area contributed by atoms with Crippen LogP contribution in [0.5, 0.6) is 5.75 Å². The van der Waals surface area contributed by atoms with E-state index in [-0.39, 0.29) is 37.0 Å². The van der Waals surface area contributed by atoms with Crippen molar-refractivity contribution in [2.75, 3.05) is 27.3 Å². The second-order valence-corrected chi connectivity index (χ2v) is 10.1. The largest absolute Gasteiger partial charge is 0.497 e. The Morgan fingerprint density at radius 3 is 2.21 bits per heavy atom. The number of nitrogens with zero attached hydrogens (tertiary/aromatic N) is 1. The number of benzene rings is 1. The van der Waals surface area contributed by atoms with E-state index < -0.39 is 5.97 Å². The van der Waals surface area contributed by atoms with Gasteiger partial charge in [0, 0.05) is 25.7 Å². The lowest BCUT2D eigenvalue weighted by Crippen LogP contribution is -2.61. The highest BCUT2D eigenvalue weighted by Crippen LogP contribution is 2.55. The van der Waals surface area contributed by atoms with Crippen molar-refractivity contribution in [3.8, 4) is 5.75 Å². The molecule has 0 atom stereocenters. The number of urea groups is 1. The number of methoxy groups -OCH3 is 1. The predicted molar refractivity (Wildman–Crippen MR) is 122 cm³/mol. The Morgan fingerprint density at radius 1 is 1.03 bits per heavy atom. The average molecular weight is 458 g/mol. The fourth-order valence-corrected chi connectivity index (χ4v) is 6.24. The van der Waals surface area contributed by atoms with E-state index in [2.05, 4.69) is 10.6 Å². The van der Waals surface area contributed by atoms with Crippen molar-refractivity contribution in [1.29, 1.82) is 0 Å². The Kier molecular flexibility index (Phi) is 7.10. The molecular formula is C25H35N3O5. The van der Waals surface area contributed by atoms with Gasteiger partial charge in [0.25, 0.3) is 5.91 Å². The summed E-state index contributed by atoms with van der Waals surface area (Å²) in [5.74, 6) is 2.23. The van der Waals surface area contributed by atoms with Crippen LogP contribution in [-0.2, 0) is 20.9 Å². The van der Waals surface area contributed by atoms with Crippen molar-refractivity contribution < 1.29 is 23.9 Å². The highest BCUT2D eigenvalue weighted by Gasteiger charge is 2.51. The number of nitrogens with one attached hydrogen (secondary N) is 2. The average Bonchev–Trinajstić information content (AvgIpc) is 2.76. The standard InChI is InChI=1S/C25H35N3O5/c1-28(15-17-3-5-21(32-2)6-4-17)22(29)16-33-23(30)7-8-26-24(31)27-25-12-18-9-19(13-25)11-20(10-18)14-25/h3-6,18-20H,7-16H2,1-2H3,(H2,26,27,31). The van der Waals surface area contributed by atoms with E-state index in [9.17, 15) is 14.4 Å². The van der Waals surface area contributed by atoms with Crippen LogP contribution in [0.3, 0.4) is 0 Å². The summed E-state index contributed by atoms with van der Waals surface area (Å²) < 4.78 is 10.2. The zero-order valence-corrected chi connectivity index (χ0v) is 19.6. The molecule has 8 heteroatoms. The lowest BCUT2D eigenvalue weighted by Gasteiger charge is -2.56. The monoisotopic (exact) mass is 457 g/mol. The molecule has 4 bridgehead atoms. The number of likely N-dealkylation sites (N-methyl/N-ethyl adjacent to an activating group) is 1. The maximum atomic E-state index is 12.4. The zero-order chi connectivity index (χ0) is 23.4. The molecule has 1 aromatic rings. The highest BCUT2D eigenvalue weighted by atomic mass is 16.5. The molecule has 3 amide bonds. The number of hydrogen-bond donors (Lipinski definition) is 2. The summed E-state index contributed by atoms with van der Waals surface area (Å²) >= 11 is 0. The van der Waals surface area contributed by atoms with Gasteiger partial charge in [-0.25, -0.2) is 4.79 Å². The van der Waals surface area contributed by atoms with Crippen molar-refractivity contribution >= 4 is 17.9 Å². The van der Waals surface area contributed by atoms with Crippen LogP contribution in [0.1, 0.15) is 50.5 Å². The molecule has 5 rings (SSSR count). The normalized spacial score (nSPS) is 27.0. The first-order valence-corrected chi connectivity index (χ1v) is 11.9. The molecule has 1 aromatic carbocycles. The molecular weight excluding hydrogens is 422 g/mol. The van der Waals surface area contributed by atoms with Crippen LogP contribution in [-0.4, -0.2) is 55.7 Å². The molecule has 180 valence electrons. The van der Waals surface area contributed by atoms with E-state index in [1.54, 1.807) is 14.2 Å². The van der Waals surface area contributed by atoms with Gasteiger partial charge in [-0.05, 0) is 74.0 Å². The van der Waals surface area contributed by atoms with E-state index >= 15 is 0 Å². The van der Waals surface area contributed by atoms with Crippen molar-refractivity contribution in [3.63, 3.8) is 0 Å². The molecule has 4 fully saturated rings. The van der Waals surface area contributed by atoms with Crippen molar-refractivity contribution in [2.45, 2.75) is 57.0 Å². The first-order valence-electron chi connectivity index (χ1n) is 11.9. The van der Waals surface area contributed by atoms with E-state index in [4.69, 9.17) is 9.47 Å². The van der Waals surface area contributed by atoms with Gasteiger partial charge < -0.3 is 25.0 Å². The molecule has 0 aromatic heterocycles. The molecule has 8 nitrogen and oxygen atoms in total. The van der Waals surface area contributed by atoms with Gasteiger partial charge in [0.1, 0.15) is 5.75 Å². The number of carbonyl (C=O) groups excluding carboxylic acids is 3. The second-order valence-electron chi connectivity index (χ2n) is 10.1. The maximum Gasteiger partial charge on any atom is 0.315 e. The number of hydrogen-bond acceptors (Lipinski definition) is 5. The van der Waals surface area contributed by atoms with Crippen LogP contribution in [0.15, 0.2) is 24.3 Å². The lowest BCUT2D eigenvalue weighted by atomic mass is 9.53. The van der Waals surface area contributed by atoms with E-state index in [1.165, 1.54) is 24.2 Å². The quantitative estimate of drug-likeness (QED) is 0.556. The fourth-order valence-electron chi connectivity index (χ4n) is 6.24. The summed E-state index contributed by atoms with van der Waals surface area (Å²) in [6, 6.07) is 7.23. The maximum absolute atomic E-state index is 12.4. The summed E-state index contributed by atoms with van der Waals surface area (Å²) in [6.45, 7) is 0.282. The Bertz CT molecular complexity index is 834. The molecule has 0 radical (unpaired) electrons. The van der Waals surface area contributed by atoms with Crippen molar-refractivity contribution in [1.82, 2.24) is 15.5 Å². The van der Waals surface area contributed by atoms with Gasteiger partial charge in [-0.3, -0.25) is 9.59 Å². The number of esters is 1. The van der Waals surface area contributed by atoms with Crippen LogP contribution < -0.4 is 15.4 Å². The molecule has 4 aliphatic carbocycles. The van der Waals surface area contributed by atoms with E-state index in [0.717, 1.165) is 48.3 Å². The Hall–Kier alpha value is -2.77. The predicted octanol–water partition coefficient (Wildman–Crippen LogP) is 2.85. The van der Waals surface area contributed by atoms with Gasteiger partial charge in [-0.15, -0.1) is 0 Å². The topological polar surface area (TPSA) is 97.0 Å². The SMILES string of the molecule is COc1ccc(CN(C)C(=O)COC(=O)CCNC(=O)NC23CC4CC(CC(C4)C2)C3)cc1. The summed E-state index contributed by atoms with van der Waals surface area (Å²) in [5.41, 5.74) is 0.896. The molecule has 0 spiro atoms. The zero-order valence-electron chi connectivity index (χ0n) is 19.6. The molecule has 2 N–H and O–H groups in total. The number of ether oxygens (including phenoxy) is 2. The summed E-state index contributed by atoms with van der Waals surface area (Å²) in [7, 11) is 3.26. The third-order valence-corrected chi connectivity index (χ3v) is 7.39. The first-order chi connectivity index (χ1) is 15.8. The molecule has 4 aliphatic rings. The molecule has 0 heterocycles. The molecule has 0 saturated heterocycles. The highest BCUT2D eigenvalue weighted by molar-refractivity contribution is 5.81. The van der Waals surface area contributed by atoms with Gasteiger partial charge in [0.2, 0.25) is 0 Å². The van der Waals surface area contributed by atoms with Gasteiger partial charge in [-0.2, -0.15) is 0 Å². The van der Waals surface area contributed by atoms with E-state index in [1.807, 2.05) is 24.3 Å². The number of rotatable bonds is 9. The first kappa shape index (κ1) is 23.4. The minimum atomic E-state index is -0.503. The van der Waals surface area contributed by atoms with Crippen molar-refractivity contribution in [3.05, 3.63) is 29.8 Å². The number of carbonyl (C=O) groups is 3. The summed E-state index contributed by atoms with van der Waals surface area (Å²) in [5, 5.41) is 6.01. The second kappa shape index (κ2) is 10.0. The van der Waals surface area contributed by atoms with Gasteiger partial charge in [0.05, 0.1) is 13.5 Å². The third kappa shape index (κ3) is 5.97. The number of amides is 3. The van der Waals surface area contributed by atoms with Crippen molar-refractivity contribution in [2.24, 2.45) is 17.8 Å². The molecule has 4 saturated carbocycles. The molecule has 0 aliphatic heterocycles. The smallest absolute Gasteiger partial charge is 0.315 e. The minimum absolute atomic E-state index is 0.0315. The van der Waals surface area contributed by atoms with Crippen LogP contribution in [0.25, 0.3) is 0 Å². The van der Waals surface area contributed by atoms with Gasteiger partial charge in [-0.1, -0.05) is 12.1 Å². The van der Waals surface area contributed by atoms with Crippen LogP contribution >= 0.6 is 0 Å². The minimum Gasteiger partial charge on any atom is -0.497 e. The van der Waals surface area contributed by atoms with Gasteiger partial charge >= 0.3 is 12.0 Å². The van der Waals surface area contributed by atoms with Crippen LogP contribution in [0, 0.1) is 17.8 Å². The Labute approximate surface area is 195 Å². The van der Waals surface area contributed by atoms with E-state index in [0.29, 0.717) is 6.54 Å². The molecule has 33 heavy (non-hydrogen) atoms. The Morgan fingerprint density at radius 2 is 1.64 bits per heavy atom. The van der Waals surface area contributed by atoms with Crippen LogP contribution in [0.2, 0.25) is 0 Å².